The van der Waals surface area contributed by atoms with Crippen LogP contribution in [0.3, 0.4) is 0 Å². The average Bonchev–Trinajstić information content (AvgIpc) is 2.61. The Morgan fingerprint density at radius 3 is 2.62 bits per heavy atom. The molecule has 0 amide bonds. The van der Waals surface area contributed by atoms with Crippen LogP contribution in [0.2, 0.25) is 0 Å². The first kappa shape index (κ1) is 10.7. The Bertz CT molecular complexity index is 452. The molecule has 4 nitrogen and oxygen atoms in total. The number of carbonyl (C=O) groups is 1. The summed E-state index contributed by atoms with van der Waals surface area (Å²) in [4.78, 5) is 15.8. The van der Waals surface area contributed by atoms with Crippen LogP contribution in [0.4, 0.5) is 5.69 Å². The molecule has 0 aliphatic carbocycles. The summed E-state index contributed by atoms with van der Waals surface area (Å²) in [6.07, 6.45) is 0. The van der Waals surface area contributed by atoms with Gasteiger partial charge in [0.1, 0.15) is 0 Å². The van der Waals surface area contributed by atoms with Crippen molar-refractivity contribution in [2.24, 2.45) is 10.9 Å². The summed E-state index contributed by atoms with van der Waals surface area (Å²) < 4.78 is 5.13. The number of ether oxygens (including phenoxy) is 1. The smallest absolute Gasteiger partial charge is 0.338 e. The first-order valence-corrected chi connectivity index (χ1v) is 5.24. The lowest BCUT2D eigenvalue weighted by atomic mass is 10.1. The summed E-state index contributed by atoms with van der Waals surface area (Å²) in [6.45, 7) is 3.87. The molecule has 2 N–H and O–H groups in total. The zero-order valence-electron chi connectivity index (χ0n) is 9.31. The van der Waals surface area contributed by atoms with Gasteiger partial charge in [0.25, 0.3) is 0 Å². The van der Waals surface area contributed by atoms with Gasteiger partial charge in [0.2, 0.25) is 5.90 Å². The van der Waals surface area contributed by atoms with Crippen LogP contribution in [-0.4, -0.2) is 17.9 Å². The Hall–Kier alpha value is -1.84. The van der Waals surface area contributed by atoms with E-state index in [1.165, 1.54) is 0 Å². The van der Waals surface area contributed by atoms with Crippen LogP contribution in [0, 0.1) is 5.92 Å². The zero-order valence-corrected chi connectivity index (χ0v) is 9.31. The minimum atomic E-state index is -0.408. The number of hydrogen-bond donors (Lipinski definition) is 1. The lowest BCUT2D eigenvalue weighted by Gasteiger charge is -2.04. The molecular weight excluding hydrogens is 204 g/mol. The van der Waals surface area contributed by atoms with E-state index in [1.807, 2.05) is 26.0 Å². The van der Waals surface area contributed by atoms with E-state index in [0.717, 1.165) is 0 Å². The molecule has 4 heteroatoms. The number of hydrogen-bond acceptors (Lipinski definition) is 4. The molecule has 1 aliphatic rings. The number of rotatable bonds is 2. The van der Waals surface area contributed by atoms with Crippen molar-refractivity contribution in [3.05, 3.63) is 29.8 Å². The first-order valence-electron chi connectivity index (χ1n) is 5.24. The molecular formula is C12H14N2O2. The maximum atomic E-state index is 11.5. The molecule has 1 aromatic rings. The molecule has 0 spiro atoms. The van der Waals surface area contributed by atoms with Crippen molar-refractivity contribution >= 4 is 17.6 Å². The fourth-order valence-corrected chi connectivity index (χ4v) is 1.60. The number of para-hydroxylation sites is 1. The van der Waals surface area contributed by atoms with Crippen LogP contribution in [-0.2, 0) is 9.53 Å². The van der Waals surface area contributed by atoms with Crippen molar-refractivity contribution in [3.8, 4) is 0 Å². The highest BCUT2D eigenvalue weighted by Gasteiger charge is 2.32. The van der Waals surface area contributed by atoms with E-state index in [0.29, 0.717) is 17.1 Å². The summed E-state index contributed by atoms with van der Waals surface area (Å²) in [5.41, 5.74) is 7.04. The van der Waals surface area contributed by atoms with Gasteiger partial charge >= 0.3 is 5.97 Å². The predicted molar refractivity (Wildman–Crippen MR) is 62.1 cm³/mol. The van der Waals surface area contributed by atoms with E-state index in [2.05, 4.69) is 4.99 Å². The van der Waals surface area contributed by atoms with Crippen molar-refractivity contribution in [3.63, 3.8) is 0 Å². The van der Waals surface area contributed by atoms with Crippen molar-refractivity contribution in [1.82, 2.24) is 0 Å². The summed E-state index contributed by atoms with van der Waals surface area (Å²) in [5.74, 6) is 0.171. The van der Waals surface area contributed by atoms with Crippen LogP contribution in [0.15, 0.2) is 29.3 Å². The van der Waals surface area contributed by atoms with Crippen LogP contribution >= 0.6 is 0 Å². The van der Waals surface area contributed by atoms with Crippen molar-refractivity contribution in [2.75, 3.05) is 5.73 Å². The second-order valence-electron chi connectivity index (χ2n) is 4.13. The minimum Gasteiger partial charge on any atom is -0.405 e. The van der Waals surface area contributed by atoms with Gasteiger partial charge in [0.15, 0.2) is 6.04 Å². The van der Waals surface area contributed by atoms with Gasteiger partial charge in [-0.15, -0.1) is 0 Å². The van der Waals surface area contributed by atoms with Gasteiger partial charge in [0.05, 0.1) is 5.56 Å². The van der Waals surface area contributed by atoms with Crippen molar-refractivity contribution in [1.29, 1.82) is 0 Å². The van der Waals surface area contributed by atoms with E-state index in [9.17, 15) is 4.79 Å². The van der Waals surface area contributed by atoms with E-state index >= 15 is 0 Å². The van der Waals surface area contributed by atoms with Crippen LogP contribution in [0.25, 0.3) is 0 Å². The van der Waals surface area contributed by atoms with Gasteiger partial charge in [-0.25, -0.2) is 9.79 Å². The zero-order chi connectivity index (χ0) is 11.7. The van der Waals surface area contributed by atoms with Crippen molar-refractivity contribution in [2.45, 2.75) is 19.9 Å². The Morgan fingerprint density at radius 1 is 1.38 bits per heavy atom. The Balaban J connectivity index is 2.34. The summed E-state index contributed by atoms with van der Waals surface area (Å²) in [6, 6.07) is 6.81. The quantitative estimate of drug-likeness (QED) is 0.605. The molecule has 0 fully saturated rings. The third-order valence-electron chi connectivity index (χ3n) is 2.52. The molecule has 0 aromatic heterocycles. The normalized spacial score (nSPS) is 19.8. The van der Waals surface area contributed by atoms with Gasteiger partial charge in [-0.2, -0.15) is 0 Å². The highest BCUT2D eigenvalue weighted by Crippen LogP contribution is 2.21. The number of anilines is 1. The third-order valence-corrected chi connectivity index (χ3v) is 2.52. The molecule has 0 radical (unpaired) electrons. The molecule has 0 bridgehead atoms. The molecule has 0 saturated carbocycles. The van der Waals surface area contributed by atoms with Gasteiger partial charge < -0.3 is 10.5 Å². The lowest BCUT2D eigenvalue weighted by molar-refractivity contribution is -0.135. The van der Waals surface area contributed by atoms with Crippen molar-refractivity contribution < 1.29 is 9.53 Å². The number of benzene rings is 1. The number of carbonyl (C=O) groups excluding carboxylic acids is 1. The number of cyclic esters (lactones) is 1. The second kappa shape index (κ2) is 3.96. The SMILES string of the molecule is CC(C)[C@@H]1N=C(c2ccccc2N)OC1=O. The Labute approximate surface area is 94.1 Å². The maximum Gasteiger partial charge on any atom is 0.338 e. The van der Waals surface area contributed by atoms with Crippen LogP contribution in [0.1, 0.15) is 19.4 Å². The standard InChI is InChI=1S/C12H14N2O2/c1-7(2)10-12(15)16-11(14-10)8-5-3-4-6-9(8)13/h3-7,10H,13H2,1-2H3/t10-/m0/s1. The maximum absolute atomic E-state index is 11.5. The number of esters is 1. The number of nitrogens with zero attached hydrogens (tertiary/aromatic N) is 1. The van der Waals surface area contributed by atoms with Crippen LogP contribution in [0.5, 0.6) is 0 Å². The summed E-state index contributed by atoms with van der Waals surface area (Å²) >= 11 is 0. The molecule has 16 heavy (non-hydrogen) atoms. The molecule has 2 rings (SSSR count). The Kier molecular flexibility index (Phi) is 2.64. The first-order chi connectivity index (χ1) is 7.59. The number of nitrogens with two attached hydrogens (primary N) is 1. The van der Waals surface area contributed by atoms with E-state index in [4.69, 9.17) is 10.5 Å². The van der Waals surface area contributed by atoms with E-state index < -0.39 is 6.04 Å². The second-order valence-corrected chi connectivity index (χ2v) is 4.13. The third kappa shape index (κ3) is 1.78. The molecule has 1 atom stereocenters. The lowest BCUT2D eigenvalue weighted by Crippen LogP contribution is -2.20. The predicted octanol–water partition coefficient (Wildman–Crippen LogP) is 1.60. The molecule has 1 heterocycles. The van der Waals surface area contributed by atoms with Gasteiger partial charge in [-0.3, -0.25) is 0 Å². The average molecular weight is 218 g/mol. The van der Waals surface area contributed by atoms with Crippen LogP contribution < -0.4 is 5.73 Å². The molecule has 0 unspecified atom stereocenters. The van der Waals surface area contributed by atoms with E-state index in [1.54, 1.807) is 12.1 Å². The number of nitrogen functional groups attached to an aromatic ring is 1. The fraction of sp³-hybridized carbons (Fsp3) is 0.333. The summed E-state index contributed by atoms with van der Waals surface area (Å²) in [7, 11) is 0. The summed E-state index contributed by atoms with van der Waals surface area (Å²) in [5, 5.41) is 0. The molecule has 0 saturated heterocycles. The minimum absolute atomic E-state index is 0.134. The highest BCUT2D eigenvalue weighted by atomic mass is 16.6. The fourth-order valence-electron chi connectivity index (χ4n) is 1.60. The van der Waals surface area contributed by atoms with E-state index in [-0.39, 0.29) is 11.9 Å². The molecule has 1 aromatic carbocycles. The molecule has 84 valence electrons. The van der Waals surface area contributed by atoms with Gasteiger partial charge in [-0.1, -0.05) is 26.0 Å². The molecule has 1 aliphatic heterocycles. The Morgan fingerprint density at radius 2 is 2.06 bits per heavy atom. The topological polar surface area (TPSA) is 64.7 Å². The van der Waals surface area contributed by atoms with Gasteiger partial charge in [-0.05, 0) is 18.1 Å². The number of aliphatic imine (C=N–C) groups is 1. The monoisotopic (exact) mass is 218 g/mol. The highest BCUT2D eigenvalue weighted by molar-refractivity contribution is 6.08. The van der Waals surface area contributed by atoms with Gasteiger partial charge in [0, 0.05) is 5.69 Å². The largest absolute Gasteiger partial charge is 0.405 e.